The number of nitrogens with zero attached hydrogens (tertiary/aromatic N) is 2. The van der Waals surface area contributed by atoms with E-state index in [9.17, 15) is 0 Å². The van der Waals surface area contributed by atoms with Gasteiger partial charge in [-0.25, -0.2) is 0 Å². The molecule has 1 aliphatic rings. The molecule has 1 aliphatic heterocycles. The van der Waals surface area contributed by atoms with E-state index in [4.69, 9.17) is 0 Å². The van der Waals surface area contributed by atoms with E-state index in [0.717, 1.165) is 11.0 Å². The summed E-state index contributed by atoms with van der Waals surface area (Å²) in [4.78, 5) is 5.12. The highest BCUT2D eigenvalue weighted by Gasteiger charge is 2.25. The van der Waals surface area contributed by atoms with Gasteiger partial charge in [0.1, 0.15) is 0 Å². The normalized spacial score (nSPS) is 19.1. The molecule has 2 nitrogen and oxygen atoms in total. The van der Waals surface area contributed by atoms with Gasteiger partial charge in [-0.15, -0.1) is 0 Å². The van der Waals surface area contributed by atoms with Crippen molar-refractivity contribution >= 4 is 15.9 Å². The van der Waals surface area contributed by atoms with Gasteiger partial charge < -0.3 is 0 Å². The van der Waals surface area contributed by atoms with Gasteiger partial charge in [0.05, 0.1) is 0 Å². The highest BCUT2D eigenvalue weighted by Crippen LogP contribution is 2.17. The third-order valence-electron chi connectivity index (χ3n) is 3.64. The molecule has 1 fully saturated rings. The van der Waals surface area contributed by atoms with E-state index in [-0.39, 0.29) is 0 Å². The van der Waals surface area contributed by atoms with Crippen LogP contribution in [0.4, 0.5) is 0 Å². The Morgan fingerprint density at radius 1 is 1.00 bits per heavy atom. The molecular weight excluding hydrogens is 288 g/mol. The highest BCUT2D eigenvalue weighted by atomic mass is 79.9. The summed E-state index contributed by atoms with van der Waals surface area (Å²) < 4.78 is 1.16. The second kappa shape index (κ2) is 5.72. The van der Waals surface area contributed by atoms with Crippen LogP contribution in [-0.2, 0) is 6.54 Å². The van der Waals surface area contributed by atoms with E-state index >= 15 is 0 Å². The van der Waals surface area contributed by atoms with Crippen LogP contribution in [-0.4, -0.2) is 41.5 Å². The predicted octanol–water partition coefficient (Wildman–Crippen LogP) is 3.37. The Bertz CT molecular complexity index is 372. The first kappa shape index (κ1) is 14.0. The van der Waals surface area contributed by atoms with E-state index in [1.807, 2.05) is 0 Å². The smallest absolute Gasteiger partial charge is 0.0234 e. The lowest BCUT2D eigenvalue weighted by Crippen LogP contribution is -2.53. The van der Waals surface area contributed by atoms with Crippen LogP contribution in [0, 0.1) is 0 Å². The molecule has 0 unspecified atom stereocenters. The summed E-state index contributed by atoms with van der Waals surface area (Å²) >= 11 is 3.48. The molecule has 3 heteroatoms. The van der Waals surface area contributed by atoms with Crippen molar-refractivity contribution in [2.24, 2.45) is 0 Å². The number of benzene rings is 1. The standard InChI is InChI=1S/C15H23BrN2/c1-15(2,3)18-10-8-17(9-11-18)12-13-4-6-14(16)7-5-13/h4-7H,8-12H2,1-3H3. The Kier molecular flexibility index (Phi) is 4.46. The minimum absolute atomic E-state index is 0.309. The average molecular weight is 311 g/mol. The van der Waals surface area contributed by atoms with Crippen molar-refractivity contribution in [1.82, 2.24) is 9.80 Å². The third-order valence-corrected chi connectivity index (χ3v) is 4.17. The van der Waals surface area contributed by atoms with Gasteiger partial charge in [-0.1, -0.05) is 28.1 Å². The number of hydrogen-bond donors (Lipinski definition) is 0. The van der Waals surface area contributed by atoms with Gasteiger partial charge in [-0.2, -0.15) is 0 Å². The van der Waals surface area contributed by atoms with Crippen molar-refractivity contribution in [1.29, 1.82) is 0 Å². The minimum Gasteiger partial charge on any atom is -0.297 e. The first-order valence-electron chi connectivity index (χ1n) is 6.67. The van der Waals surface area contributed by atoms with Crippen LogP contribution in [0.15, 0.2) is 28.7 Å². The van der Waals surface area contributed by atoms with Gasteiger partial charge in [-0.3, -0.25) is 9.80 Å². The van der Waals surface area contributed by atoms with E-state index in [1.165, 1.54) is 31.7 Å². The summed E-state index contributed by atoms with van der Waals surface area (Å²) in [7, 11) is 0. The second-order valence-electron chi connectivity index (χ2n) is 6.06. The largest absolute Gasteiger partial charge is 0.297 e. The van der Waals surface area contributed by atoms with E-state index < -0.39 is 0 Å². The summed E-state index contributed by atoms with van der Waals surface area (Å²) in [6, 6.07) is 8.67. The fraction of sp³-hybridized carbons (Fsp3) is 0.600. The van der Waals surface area contributed by atoms with E-state index in [0.29, 0.717) is 5.54 Å². The summed E-state index contributed by atoms with van der Waals surface area (Å²) in [5.41, 5.74) is 1.71. The van der Waals surface area contributed by atoms with Crippen molar-refractivity contribution in [3.63, 3.8) is 0 Å². The molecule has 0 spiro atoms. The fourth-order valence-electron chi connectivity index (χ4n) is 2.42. The quantitative estimate of drug-likeness (QED) is 0.826. The lowest BCUT2D eigenvalue weighted by molar-refractivity contribution is 0.0591. The molecule has 0 aromatic heterocycles. The number of hydrogen-bond acceptors (Lipinski definition) is 2. The van der Waals surface area contributed by atoms with Crippen molar-refractivity contribution in [3.8, 4) is 0 Å². The predicted molar refractivity (Wildman–Crippen MR) is 80.7 cm³/mol. The molecule has 0 radical (unpaired) electrons. The SMILES string of the molecule is CC(C)(C)N1CCN(Cc2ccc(Br)cc2)CC1. The van der Waals surface area contributed by atoms with Crippen LogP contribution in [0.1, 0.15) is 26.3 Å². The molecule has 18 heavy (non-hydrogen) atoms. The first-order chi connectivity index (χ1) is 8.45. The molecule has 0 saturated carbocycles. The van der Waals surface area contributed by atoms with Crippen LogP contribution in [0.25, 0.3) is 0 Å². The maximum Gasteiger partial charge on any atom is 0.0234 e. The molecule has 2 rings (SSSR count). The van der Waals surface area contributed by atoms with E-state index in [1.54, 1.807) is 0 Å². The Labute approximate surface area is 119 Å². The van der Waals surface area contributed by atoms with Crippen molar-refractivity contribution in [2.45, 2.75) is 32.9 Å². The van der Waals surface area contributed by atoms with Crippen LogP contribution in [0.3, 0.4) is 0 Å². The molecule has 0 amide bonds. The maximum absolute atomic E-state index is 3.48. The molecular formula is C15H23BrN2. The Morgan fingerprint density at radius 3 is 2.06 bits per heavy atom. The number of rotatable bonds is 2. The second-order valence-corrected chi connectivity index (χ2v) is 6.98. The average Bonchev–Trinajstić information content (AvgIpc) is 2.32. The monoisotopic (exact) mass is 310 g/mol. The summed E-state index contributed by atoms with van der Waals surface area (Å²) in [6.07, 6.45) is 0. The Balaban J connectivity index is 1.85. The molecule has 0 atom stereocenters. The summed E-state index contributed by atoms with van der Waals surface area (Å²) in [5, 5.41) is 0. The van der Waals surface area contributed by atoms with Crippen LogP contribution >= 0.6 is 15.9 Å². The molecule has 1 saturated heterocycles. The zero-order valence-corrected chi connectivity index (χ0v) is 13.2. The fourth-order valence-corrected chi connectivity index (χ4v) is 2.69. The van der Waals surface area contributed by atoms with E-state index in [2.05, 4.69) is 70.8 Å². The van der Waals surface area contributed by atoms with Crippen molar-refractivity contribution in [2.75, 3.05) is 26.2 Å². The molecule has 0 bridgehead atoms. The first-order valence-corrected chi connectivity index (χ1v) is 7.46. The highest BCUT2D eigenvalue weighted by molar-refractivity contribution is 9.10. The minimum atomic E-state index is 0.309. The zero-order valence-electron chi connectivity index (χ0n) is 11.6. The molecule has 1 aromatic carbocycles. The van der Waals surface area contributed by atoms with Gasteiger partial charge in [0, 0.05) is 42.7 Å². The Hall–Kier alpha value is -0.380. The molecule has 1 heterocycles. The van der Waals surface area contributed by atoms with Crippen LogP contribution in [0.2, 0.25) is 0 Å². The Morgan fingerprint density at radius 2 is 1.56 bits per heavy atom. The zero-order chi connectivity index (χ0) is 13.2. The van der Waals surface area contributed by atoms with Gasteiger partial charge in [0.25, 0.3) is 0 Å². The van der Waals surface area contributed by atoms with Gasteiger partial charge in [-0.05, 0) is 38.5 Å². The number of piperazine rings is 1. The van der Waals surface area contributed by atoms with Crippen molar-refractivity contribution in [3.05, 3.63) is 34.3 Å². The van der Waals surface area contributed by atoms with Gasteiger partial charge in [0.15, 0.2) is 0 Å². The lowest BCUT2D eigenvalue weighted by atomic mass is 10.0. The van der Waals surface area contributed by atoms with Crippen LogP contribution < -0.4 is 0 Å². The molecule has 0 aliphatic carbocycles. The molecule has 1 aromatic rings. The van der Waals surface area contributed by atoms with Crippen LogP contribution in [0.5, 0.6) is 0 Å². The topological polar surface area (TPSA) is 6.48 Å². The molecule has 0 N–H and O–H groups in total. The molecule has 100 valence electrons. The number of halogens is 1. The lowest BCUT2D eigenvalue weighted by Gasteiger charge is -2.42. The van der Waals surface area contributed by atoms with Gasteiger partial charge >= 0.3 is 0 Å². The maximum atomic E-state index is 3.48. The van der Waals surface area contributed by atoms with Gasteiger partial charge in [0.2, 0.25) is 0 Å². The van der Waals surface area contributed by atoms with Crippen molar-refractivity contribution < 1.29 is 0 Å². The third kappa shape index (κ3) is 3.81. The summed E-state index contributed by atoms with van der Waals surface area (Å²) in [5.74, 6) is 0. The summed E-state index contributed by atoms with van der Waals surface area (Å²) in [6.45, 7) is 12.7.